The number of nitrogens with one attached hydrogen (secondary N) is 1. The Morgan fingerprint density at radius 2 is 1.90 bits per heavy atom. The van der Waals surface area contributed by atoms with E-state index in [0.717, 1.165) is 47.2 Å². The first-order chi connectivity index (χ1) is 20.5. The van der Waals surface area contributed by atoms with E-state index < -0.39 is 11.9 Å². The first kappa shape index (κ1) is 26.4. The topological polar surface area (TPSA) is 85.2 Å². The third-order valence-corrected chi connectivity index (χ3v) is 8.18. The quantitative estimate of drug-likeness (QED) is 0.279. The van der Waals surface area contributed by atoms with E-state index in [9.17, 15) is 9.18 Å². The van der Waals surface area contributed by atoms with Gasteiger partial charge in [0.15, 0.2) is 0 Å². The third-order valence-electron chi connectivity index (χ3n) is 7.86. The molecule has 7 rings (SSSR count). The summed E-state index contributed by atoms with van der Waals surface area (Å²) in [6, 6.07) is 17.9. The Morgan fingerprint density at radius 1 is 1.00 bits per heavy atom. The third kappa shape index (κ3) is 5.16. The lowest BCUT2D eigenvalue weighted by Gasteiger charge is -2.24. The summed E-state index contributed by atoms with van der Waals surface area (Å²) in [6.07, 6.45) is 7.31. The number of aryl methyl sites for hydroxylation is 1. The fraction of sp³-hybridized carbons (Fsp3) is 0.250. The highest BCUT2D eigenvalue weighted by molar-refractivity contribution is 6.33. The number of ether oxygens (including phenoxy) is 1. The second-order valence-electron chi connectivity index (χ2n) is 10.7. The fourth-order valence-electron chi connectivity index (χ4n) is 5.81. The van der Waals surface area contributed by atoms with E-state index in [1.54, 1.807) is 18.5 Å². The maximum atomic E-state index is 13.5. The molecule has 2 aromatic heterocycles. The number of amides is 1. The zero-order valence-corrected chi connectivity index (χ0v) is 23.5. The molecule has 42 heavy (non-hydrogen) atoms. The number of fused-ring (bicyclic) bond motifs is 6. The highest BCUT2D eigenvalue weighted by atomic mass is 35.5. The van der Waals surface area contributed by atoms with Crippen molar-refractivity contribution in [2.24, 2.45) is 0 Å². The van der Waals surface area contributed by atoms with Crippen LogP contribution in [0.15, 0.2) is 79.3 Å². The van der Waals surface area contributed by atoms with Gasteiger partial charge in [-0.25, -0.2) is 9.37 Å². The average Bonchev–Trinajstić information content (AvgIpc) is 3.61. The molecule has 1 fully saturated rings. The summed E-state index contributed by atoms with van der Waals surface area (Å²) in [5, 5.41) is 9.24. The van der Waals surface area contributed by atoms with Gasteiger partial charge in [-0.15, -0.1) is 0 Å². The molecular formula is C32H28ClFN6O2. The SMILES string of the molecule is O=C1NCCCCn2cc3c(cccc3n2)-c2cccc(c2)O[C@H]2C[C@@H]1N(c1cnc(-c3ccc(F)cc3Cl)cn1)C2. The average molecular weight is 583 g/mol. The van der Waals surface area contributed by atoms with Crippen molar-refractivity contribution in [1.82, 2.24) is 25.1 Å². The van der Waals surface area contributed by atoms with Gasteiger partial charge in [-0.1, -0.05) is 35.9 Å². The van der Waals surface area contributed by atoms with Crippen LogP contribution in [0.2, 0.25) is 5.02 Å². The van der Waals surface area contributed by atoms with Gasteiger partial charge >= 0.3 is 0 Å². The molecule has 212 valence electrons. The Balaban J connectivity index is 1.19. The van der Waals surface area contributed by atoms with Crippen molar-refractivity contribution in [3.05, 3.63) is 90.1 Å². The van der Waals surface area contributed by atoms with Crippen LogP contribution in [0, 0.1) is 5.82 Å². The van der Waals surface area contributed by atoms with E-state index in [1.807, 2.05) is 39.9 Å². The standard InChI is InChI=1S/C32H28ClFN6O2/c33-27-14-21(34)9-10-25(27)29-16-37-31(17-36-29)40-18-23-15-30(40)32(41)35-11-1-2-12-39-19-26-24(7-4-8-28(26)38-39)20-5-3-6-22(13-20)42-23/h3-10,13-14,16-17,19,23,30H,1-2,11-12,15,18H2,(H,35,41)/t23-,30-/m0/s1. The highest BCUT2D eigenvalue weighted by Crippen LogP contribution is 2.33. The molecule has 5 aromatic rings. The second-order valence-corrected chi connectivity index (χ2v) is 11.1. The Morgan fingerprint density at radius 3 is 2.76 bits per heavy atom. The lowest BCUT2D eigenvalue weighted by Crippen LogP contribution is -2.44. The van der Waals surface area contributed by atoms with Gasteiger partial charge in [0.05, 0.1) is 35.2 Å². The molecule has 0 radical (unpaired) electrons. The van der Waals surface area contributed by atoms with E-state index in [4.69, 9.17) is 21.4 Å². The molecule has 2 aliphatic heterocycles. The summed E-state index contributed by atoms with van der Waals surface area (Å²) in [4.78, 5) is 24.6. The molecule has 1 N–H and O–H groups in total. The molecule has 2 aliphatic rings. The summed E-state index contributed by atoms with van der Waals surface area (Å²) in [6.45, 7) is 1.80. The Kier molecular flexibility index (Phi) is 6.95. The fourth-order valence-corrected chi connectivity index (χ4v) is 6.07. The number of anilines is 1. The molecular weight excluding hydrogens is 555 g/mol. The van der Waals surface area contributed by atoms with Crippen LogP contribution in [0.5, 0.6) is 5.75 Å². The molecule has 2 atom stereocenters. The van der Waals surface area contributed by atoms with Crippen molar-refractivity contribution in [1.29, 1.82) is 0 Å². The Bertz CT molecular complexity index is 1780. The van der Waals surface area contributed by atoms with Crippen molar-refractivity contribution in [2.75, 3.05) is 18.0 Å². The van der Waals surface area contributed by atoms with Crippen LogP contribution >= 0.6 is 11.6 Å². The Hall–Kier alpha value is -4.50. The van der Waals surface area contributed by atoms with E-state index in [-0.39, 0.29) is 17.0 Å². The summed E-state index contributed by atoms with van der Waals surface area (Å²) in [5.74, 6) is 0.812. The smallest absolute Gasteiger partial charge is 0.242 e. The molecule has 0 aliphatic carbocycles. The number of hydrogen-bond acceptors (Lipinski definition) is 6. The summed E-state index contributed by atoms with van der Waals surface area (Å²) in [5.41, 5.74) is 4.22. The molecule has 10 heteroatoms. The number of hydrogen-bond donors (Lipinski definition) is 1. The lowest BCUT2D eigenvalue weighted by molar-refractivity contribution is -0.122. The van der Waals surface area contributed by atoms with Crippen molar-refractivity contribution >= 4 is 34.2 Å². The lowest BCUT2D eigenvalue weighted by atomic mass is 10.0. The number of rotatable bonds is 2. The molecule has 4 heterocycles. The summed E-state index contributed by atoms with van der Waals surface area (Å²) >= 11 is 6.24. The van der Waals surface area contributed by atoms with Gasteiger partial charge in [0.1, 0.15) is 29.5 Å². The van der Waals surface area contributed by atoms with Gasteiger partial charge in [0.25, 0.3) is 0 Å². The minimum atomic E-state index is -0.467. The maximum absolute atomic E-state index is 13.5. The number of aromatic nitrogens is 4. The van der Waals surface area contributed by atoms with E-state index >= 15 is 0 Å². The molecule has 8 nitrogen and oxygen atoms in total. The van der Waals surface area contributed by atoms with Gasteiger partial charge in [-0.3, -0.25) is 14.5 Å². The first-order valence-electron chi connectivity index (χ1n) is 14.1. The molecule has 3 aromatic carbocycles. The number of benzene rings is 3. The molecule has 1 amide bonds. The minimum absolute atomic E-state index is 0.0694. The number of nitrogens with zero attached hydrogens (tertiary/aromatic N) is 5. The van der Waals surface area contributed by atoms with Crippen LogP contribution in [0.25, 0.3) is 33.3 Å². The van der Waals surface area contributed by atoms with Crippen LogP contribution in [0.4, 0.5) is 10.2 Å². The van der Waals surface area contributed by atoms with Crippen LogP contribution in [-0.2, 0) is 11.3 Å². The zero-order valence-electron chi connectivity index (χ0n) is 22.7. The number of halogens is 2. The van der Waals surface area contributed by atoms with Gasteiger partial charge < -0.3 is 15.0 Å². The van der Waals surface area contributed by atoms with Crippen molar-refractivity contribution in [3.8, 4) is 28.1 Å². The summed E-state index contributed by atoms with van der Waals surface area (Å²) < 4.78 is 22.0. The predicted molar refractivity (Wildman–Crippen MR) is 160 cm³/mol. The Labute approximate surface area is 247 Å². The molecule has 6 bridgehead atoms. The monoisotopic (exact) mass is 582 g/mol. The predicted octanol–water partition coefficient (Wildman–Crippen LogP) is 5.89. The first-order valence-corrected chi connectivity index (χ1v) is 14.4. The van der Waals surface area contributed by atoms with E-state index in [2.05, 4.69) is 33.6 Å². The van der Waals surface area contributed by atoms with Crippen molar-refractivity contribution in [2.45, 2.75) is 38.0 Å². The zero-order chi connectivity index (χ0) is 28.6. The van der Waals surface area contributed by atoms with E-state index in [1.165, 1.54) is 12.1 Å². The summed E-state index contributed by atoms with van der Waals surface area (Å²) in [7, 11) is 0. The molecule has 1 saturated heterocycles. The van der Waals surface area contributed by atoms with Crippen molar-refractivity contribution in [3.63, 3.8) is 0 Å². The molecule has 0 unspecified atom stereocenters. The molecule has 0 saturated carbocycles. The van der Waals surface area contributed by atoms with Gasteiger partial charge in [0, 0.05) is 36.7 Å². The van der Waals surface area contributed by atoms with Crippen LogP contribution in [0.1, 0.15) is 19.3 Å². The van der Waals surface area contributed by atoms with Crippen LogP contribution < -0.4 is 15.0 Å². The van der Waals surface area contributed by atoms with Crippen LogP contribution in [0.3, 0.4) is 0 Å². The maximum Gasteiger partial charge on any atom is 0.242 e. The normalized spacial score (nSPS) is 19.0. The van der Waals surface area contributed by atoms with Gasteiger partial charge in [-0.05, 0) is 60.4 Å². The minimum Gasteiger partial charge on any atom is -0.488 e. The van der Waals surface area contributed by atoms with Crippen molar-refractivity contribution < 1.29 is 13.9 Å². The number of carbonyl (C=O) groups is 1. The highest BCUT2D eigenvalue weighted by Gasteiger charge is 2.39. The molecule has 0 spiro atoms. The van der Waals surface area contributed by atoms with Crippen LogP contribution in [-0.4, -0.2) is 50.9 Å². The number of carbonyl (C=O) groups excluding carboxylic acids is 1. The largest absolute Gasteiger partial charge is 0.488 e. The second kappa shape index (κ2) is 11.1. The van der Waals surface area contributed by atoms with Gasteiger partial charge in [0.2, 0.25) is 5.91 Å². The van der Waals surface area contributed by atoms with E-state index in [0.29, 0.717) is 36.6 Å². The van der Waals surface area contributed by atoms with Gasteiger partial charge in [-0.2, -0.15) is 5.10 Å².